The van der Waals surface area contributed by atoms with Crippen LogP contribution in [-0.2, 0) is 9.53 Å². The van der Waals surface area contributed by atoms with Gasteiger partial charge in [0.15, 0.2) is 0 Å². The molecule has 5 heteroatoms. The number of hydrogen-bond donors (Lipinski definition) is 0. The lowest BCUT2D eigenvalue weighted by atomic mass is 10.3. The van der Waals surface area contributed by atoms with Crippen LogP contribution in [-0.4, -0.2) is 20.2 Å². The molecule has 0 amide bonds. The molecule has 1 rings (SSSR count). The van der Waals surface area contributed by atoms with Crippen molar-refractivity contribution in [3.8, 4) is 5.75 Å². The molecule has 0 saturated carbocycles. The summed E-state index contributed by atoms with van der Waals surface area (Å²) in [6.45, 7) is 1.67. The fourth-order valence-corrected chi connectivity index (χ4v) is 1.04. The Morgan fingerprint density at radius 3 is 2.41 bits per heavy atom. The molecular formula is C12H14N2O3. The zero-order chi connectivity index (χ0) is 12.7. The third kappa shape index (κ3) is 4.46. The van der Waals surface area contributed by atoms with Crippen LogP contribution in [0.15, 0.2) is 46.3 Å². The predicted octanol–water partition coefficient (Wildman–Crippen LogP) is 2.86. The quantitative estimate of drug-likeness (QED) is 0.457. The van der Waals surface area contributed by atoms with Crippen molar-refractivity contribution in [3.05, 3.63) is 36.0 Å². The summed E-state index contributed by atoms with van der Waals surface area (Å²) in [5.74, 6) is 0.307. The highest BCUT2D eigenvalue weighted by molar-refractivity contribution is 5.82. The van der Waals surface area contributed by atoms with E-state index in [1.54, 1.807) is 38.3 Å². The SMILES string of the molecule is COC(=O)/C=C(\C)N=Nc1ccc(OC)cc1. The molecule has 0 aliphatic carbocycles. The highest BCUT2D eigenvalue weighted by Crippen LogP contribution is 2.18. The summed E-state index contributed by atoms with van der Waals surface area (Å²) in [6.07, 6.45) is 1.27. The Balaban J connectivity index is 2.69. The first kappa shape index (κ1) is 12.9. The molecule has 0 radical (unpaired) electrons. The molecule has 0 bridgehead atoms. The average molecular weight is 234 g/mol. The van der Waals surface area contributed by atoms with Crippen LogP contribution in [0.1, 0.15) is 6.92 Å². The Bertz CT molecular complexity index is 436. The van der Waals surface area contributed by atoms with E-state index in [9.17, 15) is 4.79 Å². The molecule has 0 aromatic heterocycles. The summed E-state index contributed by atoms with van der Waals surface area (Å²) in [6, 6.07) is 7.11. The van der Waals surface area contributed by atoms with Gasteiger partial charge in [-0.25, -0.2) is 4.79 Å². The number of azo groups is 1. The molecular weight excluding hydrogens is 220 g/mol. The number of hydrogen-bond acceptors (Lipinski definition) is 5. The first-order chi connectivity index (χ1) is 8.15. The summed E-state index contributed by atoms with van der Waals surface area (Å²) >= 11 is 0. The number of methoxy groups -OCH3 is 2. The van der Waals surface area contributed by atoms with E-state index in [1.807, 2.05) is 0 Å². The molecule has 5 nitrogen and oxygen atoms in total. The minimum atomic E-state index is -0.448. The Kier molecular flexibility index (Phi) is 4.87. The molecule has 0 fully saturated rings. The van der Waals surface area contributed by atoms with E-state index in [-0.39, 0.29) is 0 Å². The number of esters is 1. The molecule has 1 aromatic carbocycles. The van der Waals surface area contributed by atoms with Crippen molar-refractivity contribution in [2.45, 2.75) is 6.92 Å². The zero-order valence-corrected chi connectivity index (χ0v) is 10.0. The molecule has 0 spiro atoms. The molecule has 0 aliphatic heterocycles. The number of benzene rings is 1. The molecule has 0 aliphatic rings. The van der Waals surface area contributed by atoms with Gasteiger partial charge in [0.2, 0.25) is 0 Å². The van der Waals surface area contributed by atoms with Gasteiger partial charge in [-0.1, -0.05) is 0 Å². The van der Waals surface area contributed by atoms with Gasteiger partial charge in [0, 0.05) is 6.08 Å². The first-order valence-electron chi connectivity index (χ1n) is 4.97. The topological polar surface area (TPSA) is 60.2 Å². The highest BCUT2D eigenvalue weighted by Gasteiger charge is 1.95. The largest absolute Gasteiger partial charge is 0.497 e. The average Bonchev–Trinajstić information content (AvgIpc) is 2.36. The second-order valence-corrected chi connectivity index (χ2v) is 3.21. The Hall–Kier alpha value is -2.17. The summed E-state index contributed by atoms with van der Waals surface area (Å²) < 4.78 is 9.49. The number of nitrogens with zero attached hydrogens (tertiary/aromatic N) is 2. The maximum Gasteiger partial charge on any atom is 0.332 e. The maximum atomic E-state index is 10.9. The fourth-order valence-electron chi connectivity index (χ4n) is 1.04. The van der Waals surface area contributed by atoms with Crippen molar-refractivity contribution in [2.75, 3.05) is 14.2 Å². The maximum absolute atomic E-state index is 10.9. The first-order valence-corrected chi connectivity index (χ1v) is 4.97. The van der Waals surface area contributed by atoms with Crippen LogP contribution in [0.5, 0.6) is 5.75 Å². The lowest BCUT2D eigenvalue weighted by Crippen LogP contribution is -1.94. The fraction of sp³-hybridized carbons (Fsp3) is 0.250. The van der Waals surface area contributed by atoms with E-state index in [1.165, 1.54) is 13.2 Å². The third-order valence-electron chi connectivity index (χ3n) is 1.92. The van der Waals surface area contributed by atoms with Crippen molar-refractivity contribution in [1.82, 2.24) is 0 Å². The standard InChI is InChI=1S/C12H14N2O3/c1-9(8-12(15)17-3)13-14-10-4-6-11(16-2)7-5-10/h4-8H,1-3H3/b9-8+,14-13?. The number of ether oxygens (including phenoxy) is 2. The van der Waals surface area contributed by atoms with Gasteiger partial charge in [-0.05, 0) is 31.2 Å². The van der Waals surface area contributed by atoms with E-state index < -0.39 is 5.97 Å². The second-order valence-electron chi connectivity index (χ2n) is 3.21. The smallest absolute Gasteiger partial charge is 0.332 e. The summed E-state index contributed by atoms with van der Waals surface area (Å²) in [7, 11) is 2.91. The van der Waals surface area contributed by atoms with Crippen LogP contribution in [0.4, 0.5) is 5.69 Å². The van der Waals surface area contributed by atoms with Crippen LogP contribution in [0, 0.1) is 0 Å². The highest BCUT2D eigenvalue weighted by atomic mass is 16.5. The van der Waals surface area contributed by atoms with E-state index in [2.05, 4.69) is 15.0 Å². The lowest BCUT2D eigenvalue weighted by molar-refractivity contribution is -0.134. The van der Waals surface area contributed by atoms with Gasteiger partial charge in [0.1, 0.15) is 5.75 Å². The van der Waals surface area contributed by atoms with E-state index in [0.29, 0.717) is 11.4 Å². The minimum absolute atomic E-state index is 0.448. The Morgan fingerprint density at radius 1 is 1.24 bits per heavy atom. The van der Waals surface area contributed by atoms with Crippen LogP contribution in [0.25, 0.3) is 0 Å². The Labute approximate surface area is 99.8 Å². The van der Waals surface area contributed by atoms with Gasteiger partial charge in [-0.3, -0.25) is 0 Å². The normalized spacial score (nSPS) is 11.6. The number of carbonyl (C=O) groups is 1. The Morgan fingerprint density at radius 2 is 1.88 bits per heavy atom. The van der Waals surface area contributed by atoms with Gasteiger partial charge < -0.3 is 9.47 Å². The number of allylic oxidation sites excluding steroid dienone is 1. The van der Waals surface area contributed by atoms with Crippen molar-refractivity contribution in [1.29, 1.82) is 0 Å². The van der Waals surface area contributed by atoms with Crippen molar-refractivity contribution in [2.24, 2.45) is 10.2 Å². The molecule has 0 N–H and O–H groups in total. The lowest BCUT2D eigenvalue weighted by Gasteiger charge is -1.98. The second kappa shape index (κ2) is 6.42. The van der Waals surface area contributed by atoms with Crippen molar-refractivity contribution in [3.63, 3.8) is 0 Å². The summed E-state index contributed by atoms with van der Waals surface area (Å²) in [5, 5.41) is 7.84. The summed E-state index contributed by atoms with van der Waals surface area (Å²) in [4.78, 5) is 10.9. The molecule has 17 heavy (non-hydrogen) atoms. The molecule has 0 heterocycles. The van der Waals surface area contributed by atoms with Gasteiger partial charge in [0.05, 0.1) is 25.6 Å². The summed E-state index contributed by atoms with van der Waals surface area (Å²) in [5.41, 5.74) is 1.16. The van der Waals surface area contributed by atoms with Gasteiger partial charge in [-0.15, -0.1) is 0 Å². The zero-order valence-electron chi connectivity index (χ0n) is 10.0. The van der Waals surface area contributed by atoms with Crippen molar-refractivity contribution < 1.29 is 14.3 Å². The van der Waals surface area contributed by atoms with E-state index in [4.69, 9.17) is 4.74 Å². The minimum Gasteiger partial charge on any atom is -0.497 e. The molecule has 0 saturated heterocycles. The van der Waals surface area contributed by atoms with Crippen LogP contribution >= 0.6 is 0 Å². The monoisotopic (exact) mass is 234 g/mol. The van der Waals surface area contributed by atoms with E-state index >= 15 is 0 Å². The molecule has 0 atom stereocenters. The number of rotatable bonds is 4. The van der Waals surface area contributed by atoms with Crippen LogP contribution < -0.4 is 4.74 Å². The van der Waals surface area contributed by atoms with E-state index in [0.717, 1.165) is 5.75 Å². The molecule has 90 valence electrons. The van der Waals surface area contributed by atoms with Crippen LogP contribution in [0.3, 0.4) is 0 Å². The van der Waals surface area contributed by atoms with Crippen molar-refractivity contribution >= 4 is 11.7 Å². The van der Waals surface area contributed by atoms with Gasteiger partial charge >= 0.3 is 5.97 Å². The van der Waals surface area contributed by atoms with Crippen LogP contribution in [0.2, 0.25) is 0 Å². The third-order valence-corrected chi connectivity index (χ3v) is 1.92. The van der Waals surface area contributed by atoms with Gasteiger partial charge in [0.25, 0.3) is 0 Å². The number of carbonyl (C=O) groups excluding carboxylic acids is 1. The molecule has 0 unspecified atom stereocenters. The predicted molar refractivity (Wildman–Crippen MR) is 63.3 cm³/mol. The van der Waals surface area contributed by atoms with Gasteiger partial charge in [-0.2, -0.15) is 10.2 Å². The molecule has 1 aromatic rings.